The SMILES string of the molecule is CCn1c(N/N=C/c2ccc(O)cc2O)nc2c1c(=O)n(C)c(=O)n2C. The summed E-state index contributed by atoms with van der Waals surface area (Å²) in [6, 6.07) is 4.11. The maximum absolute atomic E-state index is 12.4. The number of hydrogen-bond acceptors (Lipinski definition) is 7. The van der Waals surface area contributed by atoms with Crippen LogP contribution in [0.15, 0.2) is 32.9 Å². The van der Waals surface area contributed by atoms with Crippen LogP contribution in [-0.4, -0.2) is 35.1 Å². The fraction of sp³-hybridized carbons (Fsp3) is 0.250. The summed E-state index contributed by atoms with van der Waals surface area (Å²) < 4.78 is 3.94. The third-order valence-corrected chi connectivity index (χ3v) is 4.05. The molecule has 0 aliphatic carbocycles. The summed E-state index contributed by atoms with van der Waals surface area (Å²) >= 11 is 0. The lowest BCUT2D eigenvalue weighted by atomic mass is 10.2. The first-order valence-electron chi connectivity index (χ1n) is 7.82. The van der Waals surface area contributed by atoms with Gasteiger partial charge in [-0.1, -0.05) is 0 Å². The molecule has 1 aromatic carbocycles. The number of nitrogens with one attached hydrogen (secondary N) is 1. The summed E-state index contributed by atoms with van der Waals surface area (Å²) in [5, 5.41) is 23.1. The van der Waals surface area contributed by atoms with Gasteiger partial charge in [-0.25, -0.2) is 10.2 Å². The fourth-order valence-corrected chi connectivity index (χ4v) is 2.64. The zero-order valence-electron chi connectivity index (χ0n) is 14.5. The van der Waals surface area contributed by atoms with Crippen LogP contribution in [-0.2, 0) is 20.6 Å². The Bertz CT molecular complexity index is 1140. The van der Waals surface area contributed by atoms with E-state index in [1.54, 1.807) is 11.6 Å². The number of rotatable bonds is 4. The van der Waals surface area contributed by atoms with Crippen molar-refractivity contribution in [2.24, 2.45) is 19.2 Å². The van der Waals surface area contributed by atoms with Crippen LogP contribution in [0.1, 0.15) is 12.5 Å². The normalized spacial score (nSPS) is 11.5. The van der Waals surface area contributed by atoms with E-state index in [-0.39, 0.29) is 23.1 Å². The molecular weight excluding hydrogens is 340 g/mol. The molecule has 3 N–H and O–H groups in total. The van der Waals surface area contributed by atoms with Crippen LogP contribution >= 0.6 is 0 Å². The zero-order valence-corrected chi connectivity index (χ0v) is 14.5. The third-order valence-electron chi connectivity index (χ3n) is 4.05. The molecule has 2 heterocycles. The molecule has 3 rings (SSSR count). The lowest BCUT2D eigenvalue weighted by Crippen LogP contribution is -2.37. The van der Waals surface area contributed by atoms with Gasteiger partial charge in [0.05, 0.1) is 6.21 Å². The van der Waals surface area contributed by atoms with Crippen LogP contribution in [0.2, 0.25) is 0 Å². The number of phenols is 2. The predicted molar refractivity (Wildman–Crippen MR) is 96.9 cm³/mol. The van der Waals surface area contributed by atoms with Crippen LogP contribution in [0.4, 0.5) is 5.95 Å². The lowest BCUT2D eigenvalue weighted by molar-refractivity contribution is 0.450. The molecule has 0 unspecified atom stereocenters. The average Bonchev–Trinajstić information content (AvgIpc) is 2.98. The number of hydrogen-bond donors (Lipinski definition) is 3. The average molecular weight is 358 g/mol. The van der Waals surface area contributed by atoms with Gasteiger partial charge in [-0.2, -0.15) is 10.1 Å². The van der Waals surface area contributed by atoms with E-state index in [9.17, 15) is 19.8 Å². The van der Waals surface area contributed by atoms with Crippen LogP contribution in [0, 0.1) is 0 Å². The second-order valence-electron chi connectivity index (χ2n) is 5.67. The highest BCUT2D eigenvalue weighted by Gasteiger charge is 2.17. The number of aromatic nitrogens is 4. The van der Waals surface area contributed by atoms with E-state index in [0.717, 1.165) is 4.57 Å². The smallest absolute Gasteiger partial charge is 0.332 e. The quantitative estimate of drug-likeness (QED) is 0.455. The summed E-state index contributed by atoms with van der Waals surface area (Å²) in [6.45, 7) is 2.28. The topological polar surface area (TPSA) is 127 Å². The molecule has 10 heteroatoms. The van der Waals surface area contributed by atoms with Crippen LogP contribution in [0.5, 0.6) is 11.5 Å². The minimum Gasteiger partial charge on any atom is -0.508 e. The predicted octanol–water partition coefficient (Wildman–Crippen LogP) is 0.311. The number of aromatic hydroxyl groups is 2. The lowest BCUT2D eigenvalue weighted by Gasteiger charge is -2.06. The largest absolute Gasteiger partial charge is 0.508 e. The fourth-order valence-electron chi connectivity index (χ4n) is 2.64. The highest BCUT2D eigenvalue weighted by Crippen LogP contribution is 2.21. The van der Waals surface area contributed by atoms with Gasteiger partial charge in [0.25, 0.3) is 5.56 Å². The Labute approximate surface area is 147 Å². The maximum atomic E-state index is 12.4. The molecule has 0 radical (unpaired) electrons. The minimum atomic E-state index is -0.465. The number of aryl methyl sites for hydroxylation is 2. The Hall–Kier alpha value is -3.56. The first-order valence-corrected chi connectivity index (χ1v) is 7.82. The summed E-state index contributed by atoms with van der Waals surface area (Å²) in [5.41, 5.74) is 2.75. The number of phenolic OH excluding ortho intramolecular Hbond substituents is 2. The summed E-state index contributed by atoms with van der Waals surface area (Å²) in [5.74, 6) is 0.100. The Morgan fingerprint density at radius 3 is 2.62 bits per heavy atom. The molecule has 0 spiro atoms. The van der Waals surface area contributed by atoms with Crippen molar-refractivity contribution < 1.29 is 10.2 Å². The molecule has 0 fully saturated rings. The molecule has 10 nitrogen and oxygen atoms in total. The molecular formula is C16H18N6O4. The second-order valence-corrected chi connectivity index (χ2v) is 5.67. The first-order chi connectivity index (χ1) is 12.3. The molecule has 0 saturated heterocycles. The Morgan fingerprint density at radius 2 is 1.96 bits per heavy atom. The van der Waals surface area contributed by atoms with E-state index in [0.29, 0.717) is 17.6 Å². The van der Waals surface area contributed by atoms with Crippen molar-refractivity contribution in [3.63, 3.8) is 0 Å². The Kier molecular flexibility index (Phi) is 4.24. The molecule has 0 aliphatic heterocycles. The number of benzene rings is 1. The Balaban J connectivity index is 2.04. The van der Waals surface area contributed by atoms with Crippen LogP contribution < -0.4 is 16.7 Å². The maximum Gasteiger partial charge on any atom is 0.332 e. The van der Waals surface area contributed by atoms with Gasteiger partial charge in [0.15, 0.2) is 11.2 Å². The van der Waals surface area contributed by atoms with Crippen molar-refractivity contribution in [1.82, 2.24) is 18.7 Å². The van der Waals surface area contributed by atoms with Gasteiger partial charge in [0.2, 0.25) is 5.95 Å². The number of hydrazone groups is 1. The van der Waals surface area contributed by atoms with Crippen molar-refractivity contribution in [2.75, 3.05) is 5.43 Å². The van der Waals surface area contributed by atoms with E-state index < -0.39 is 11.2 Å². The van der Waals surface area contributed by atoms with Gasteiger partial charge in [0.1, 0.15) is 11.5 Å². The number of imidazole rings is 1. The Morgan fingerprint density at radius 1 is 1.23 bits per heavy atom. The molecule has 2 aromatic heterocycles. The molecule has 0 saturated carbocycles. The summed E-state index contributed by atoms with van der Waals surface area (Å²) in [7, 11) is 2.95. The first kappa shape index (κ1) is 17.3. The van der Waals surface area contributed by atoms with Crippen molar-refractivity contribution in [2.45, 2.75) is 13.5 Å². The molecule has 0 amide bonds. The van der Waals surface area contributed by atoms with Gasteiger partial charge in [-0.3, -0.25) is 13.9 Å². The molecule has 0 bridgehead atoms. The van der Waals surface area contributed by atoms with Gasteiger partial charge in [-0.15, -0.1) is 0 Å². The van der Waals surface area contributed by atoms with E-state index >= 15 is 0 Å². The molecule has 3 aromatic rings. The molecule has 26 heavy (non-hydrogen) atoms. The van der Waals surface area contributed by atoms with E-state index in [2.05, 4.69) is 15.5 Å². The summed E-state index contributed by atoms with van der Waals surface area (Å²) in [6.07, 6.45) is 1.35. The summed E-state index contributed by atoms with van der Waals surface area (Å²) in [4.78, 5) is 28.8. The van der Waals surface area contributed by atoms with Gasteiger partial charge in [-0.05, 0) is 19.1 Å². The second kappa shape index (κ2) is 6.39. The standard InChI is InChI=1S/C16H18N6O4/c1-4-22-12-13(20(2)16(26)21(3)14(12)25)18-15(22)19-17-8-9-5-6-10(23)7-11(9)24/h5-8,23-24H,4H2,1-3H3,(H,18,19)/b17-8+. The highest BCUT2D eigenvalue weighted by atomic mass is 16.3. The van der Waals surface area contributed by atoms with E-state index in [1.807, 2.05) is 6.92 Å². The van der Waals surface area contributed by atoms with Gasteiger partial charge in [0, 0.05) is 32.3 Å². The number of fused-ring (bicyclic) bond motifs is 1. The molecule has 0 aliphatic rings. The highest BCUT2D eigenvalue weighted by molar-refractivity contribution is 5.84. The molecule has 136 valence electrons. The van der Waals surface area contributed by atoms with E-state index in [4.69, 9.17) is 0 Å². The van der Waals surface area contributed by atoms with Gasteiger partial charge >= 0.3 is 5.69 Å². The third kappa shape index (κ3) is 2.70. The zero-order chi connectivity index (χ0) is 19.0. The van der Waals surface area contributed by atoms with E-state index in [1.165, 1.54) is 36.0 Å². The van der Waals surface area contributed by atoms with Crippen molar-refractivity contribution in [3.05, 3.63) is 44.6 Å². The van der Waals surface area contributed by atoms with Crippen molar-refractivity contribution in [3.8, 4) is 11.5 Å². The van der Waals surface area contributed by atoms with Gasteiger partial charge < -0.3 is 14.8 Å². The van der Waals surface area contributed by atoms with Crippen molar-refractivity contribution in [1.29, 1.82) is 0 Å². The number of nitrogens with zero attached hydrogens (tertiary/aromatic N) is 5. The number of anilines is 1. The minimum absolute atomic E-state index is 0.0582. The van der Waals surface area contributed by atoms with Crippen LogP contribution in [0.25, 0.3) is 11.2 Å². The van der Waals surface area contributed by atoms with Crippen LogP contribution in [0.3, 0.4) is 0 Å². The molecule has 0 atom stereocenters. The monoisotopic (exact) mass is 358 g/mol. The van der Waals surface area contributed by atoms with Crippen molar-refractivity contribution >= 4 is 23.3 Å².